The molecular weight excluding hydrogens is 372 g/mol. The number of ether oxygens (including phenoxy) is 2. The van der Waals surface area contributed by atoms with Gasteiger partial charge < -0.3 is 9.47 Å². The molecule has 3 aliphatic rings. The van der Waals surface area contributed by atoms with Crippen molar-refractivity contribution in [2.75, 3.05) is 6.61 Å². The van der Waals surface area contributed by atoms with Crippen molar-refractivity contribution < 1.29 is 31.6 Å². The van der Waals surface area contributed by atoms with Gasteiger partial charge in [-0.25, -0.2) is 0 Å². The van der Waals surface area contributed by atoms with E-state index in [0.717, 1.165) is 12.8 Å². The van der Waals surface area contributed by atoms with Gasteiger partial charge in [-0.15, -0.1) is 0 Å². The molecule has 0 spiro atoms. The molecule has 7 nitrogen and oxygen atoms in total. The average Bonchev–Trinajstić information content (AvgIpc) is 2.54. The molecule has 1 unspecified atom stereocenters. The molecule has 1 heterocycles. The van der Waals surface area contributed by atoms with Gasteiger partial charge in [-0.3, -0.25) is 18.0 Å². The van der Waals surface area contributed by atoms with Crippen LogP contribution in [0.25, 0.3) is 0 Å². The van der Waals surface area contributed by atoms with E-state index in [-0.39, 0.29) is 47.3 Å². The van der Waals surface area contributed by atoms with Crippen LogP contribution in [0, 0.1) is 23.2 Å². The maximum absolute atomic E-state index is 12.3. The quantitative estimate of drug-likeness (QED) is 0.668. The van der Waals surface area contributed by atoms with Gasteiger partial charge >= 0.3 is 23.3 Å². The number of hydrogen-bond donors (Lipinski definition) is 0. The van der Waals surface area contributed by atoms with Crippen molar-refractivity contribution in [3.63, 3.8) is 0 Å². The van der Waals surface area contributed by atoms with Gasteiger partial charge in [0.1, 0.15) is 6.10 Å². The van der Waals surface area contributed by atoms with Gasteiger partial charge in [0.15, 0.2) is 0 Å². The molecule has 27 heavy (non-hydrogen) atoms. The lowest BCUT2D eigenvalue weighted by molar-refractivity contribution is -0.232. The Morgan fingerprint density at radius 1 is 1.19 bits per heavy atom. The standard InChI is InChI=1S/C19H30O7S/c1-11(10-23-12(2)20)14-6-8-18(4)15(24-13(3)21)7-9-19(5)17(18)16(14)25-27(22)26-19/h11,14-17H,6-10H2,1-5H3/t11-,14+,15-,16+,17?,18+,19-,27-/m1/s1. The van der Waals surface area contributed by atoms with Crippen LogP contribution < -0.4 is 0 Å². The van der Waals surface area contributed by atoms with E-state index in [1.54, 1.807) is 0 Å². The third-order valence-electron chi connectivity index (χ3n) is 6.81. The highest BCUT2D eigenvalue weighted by Gasteiger charge is 2.65. The van der Waals surface area contributed by atoms with Crippen LogP contribution in [0.15, 0.2) is 0 Å². The van der Waals surface area contributed by atoms with E-state index >= 15 is 0 Å². The fourth-order valence-corrected chi connectivity index (χ4v) is 6.56. The van der Waals surface area contributed by atoms with E-state index in [1.807, 2.05) is 13.8 Å². The molecule has 1 saturated heterocycles. The molecule has 0 amide bonds. The minimum absolute atomic E-state index is 0.0562. The third-order valence-corrected chi connectivity index (χ3v) is 7.71. The van der Waals surface area contributed by atoms with Crippen molar-refractivity contribution in [1.82, 2.24) is 0 Å². The molecule has 3 fully saturated rings. The number of carbonyl (C=O) groups excluding carboxylic acids is 2. The number of carbonyl (C=O) groups is 2. The zero-order valence-electron chi connectivity index (χ0n) is 16.7. The monoisotopic (exact) mass is 402 g/mol. The minimum atomic E-state index is -1.81. The van der Waals surface area contributed by atoms with Crippen LogP contribution in [0.5, 0.6) is 0 Å². The Balaban J connectivity index is 1.91. The number of rotatable bonds is 4. The largest absolute Gasteiger partial charge is 0.466 e. The van der Waals surface area contributed by atoms with Crippen LogP contribution in [0.1, 0.15) is 60.3 Å². The summed E-state index contributed by atoms with van der Waals surface area (Å²) in [5, 5.41) is 0. The number of hydrogen-bond acceptors (Lipinski definition) is 7. The van der Waals surface area contributed by atoms with Crippen molar-refractivity contribution in [1.29, 1.82) is 0 Å². The van der Waals surface area contributed by atoms with Crippen LogP contribution in [-0.4, -0.2) is 40.6 Å². The molecule has 0 aromatic heterocycles. The Morgan fingerprint density at radius 2 is 1.89 bits per heavy atom. The highest BCUT2D eigenvalue weighted by molar-refractivity contribution is 7.75. The second-order valence-electron chi connectivity index (χ2n) is 8.76. The van der Waals surface area contributed by atoms with E-state index in [0.29, 0.717) is 19.4 Å². The van der Waals surface area contributed by atoms with Crippen LogP contribution in [0.2, 0.25) is 0 Å². The smallest absolute Gasteiger partial charge is 0.305 e. The first kappa shape index (κ1) is 20.7. The molecule has 2 saturated carbocycles. The van der Waals surface area contributed by atoms with Crippen molar-refractivity contribution in [2.24, 2.45) is 23.2 Å². The Kier molecular flexibility index (Phi) is 5.72. The Morgan fingerprint density at radius 3 is 2.52 bits per heavy atom. The van der Waals surface area contributed by atoms with Crippen molar-refractivity contribution in [3.05, 3.63) is 0 Å². The predicted octanol–water partition coefficient (Wildman–Crippen LogP) is 2.70. The Hall–Kier alpha value is -0.990. The maximum Gasteiger partial charge on any atom is 0.305 e. The zero-order valence-corrected chi connectivity index (χ0v) is 17.5. The lowest BCUT2D eigenvalue weighted by Gasteiger charge is -2.62. The lowest BCUT2D eigenvalue weighted by Crippen LogP contribution is -2.67. The topological polar surface area (TPSA) is 88.1 Å². The lowest BCUT2D eigenvalue weighted by atomic mass is 9.50. The van der Waals surface area contributed by atoms with E-state index in [2.05, 4.69) is 6.92 Å². The first-order chi connectivity index (χ1) is 12.6. The molecule has 0 N–H and O–H groups in total. The predicted molar refractivity (Wildman–Crippen MR) is 97.4 cm³/mol. The molecule has 2 aliphatic carbocycles. The van der Waals surface area contributed by atoms with Gasteiger partial charge in [0.25, 0.3) is 0 Å². The second-order valence-corrected chi connectivity index (χ2v) is 9.53. The summed E-state index contributed by atoms with van der Waals surface area (Å²) < 4.78 is 34.8. The van der Waals surface area contributed by atoms with Crippen LogP contribution in [0.4, 0.5) is 0 Å². The Labute approximate surface area is 163 Å². The SMILES string of the molecule is CC(=O)OC[C@@H](C)[C@@H]1CC[C@]2(C)C3[C@H]1O[S@@](=O)O[C@]3(C)CC[C@H]2OC(C)=O. The summed E-state index contributed by atoms with van der Waals surface area (Å²) in [6.07, 6.45) is 2.50. The third kappa shape index (κ3) is 3.80. The molecule has 8 atom stereocenters. The molecule has 0 bridgehead atoms. The fourth-order valence-electron chi connectivity index (χ4n) is 5.59. The van der Waals surface area contributed by atoms with Gasteiger partial charge in [-0.2, -0.15) is 4.21 Å². The van der Waals surface area contributed by atoms with E-state index in [9.17, 15) is 13.8 Å². The van der Waals surface area contributed by atoms with Gasteiger partial charge in [-0.1, -0.05) is 13.8 Å². The highest BCUT2D eigenvalue weighted by Crippen LogP contribution is 2.61. The fraction of sp³-hybridized carbons (Fsp3) is 0.895. The molecule has 154 valence electrons. The molecule has 0 aromatic rings. The van der Waals surface area contributed by atoms with Gasteiger partial charge in [0.05, 0.1) is 18.3 Å². The first-order valence-electron chi connectivity index (χ1n) is 9.66. The second kappa shape index (κ2) is 7.44. The molecule has 0 aromatic carbocycles. The molecule has 8 heteroatoms. The van der Waals surface area contributed by atoms with Gasteiger partial charge in [0, 0.05) is 25.2 Å². The van der Waals surface area contributed by atoms with E-state index in [4.69, 9.17) is 17.8 Å². The van der Waals surface area contributed by atoms with E-state index in [1.165, 1.54) is 13.8 Å². The summed E-state index contributed by atoms with van der Waals surface area (Å²) in [6.45, 7) is 9.29. The van der Waals surface area contributed by atoms with Crippen molar-refractivity contribution in [2.45, 2.75) is 78.1 Å². The number of esters is 2. The van der Waals surface area contributed by atoms with Gasteiger partial charge in [0.2, 0.25) is 0 Å². The van der Waals surface area contributed by atoms with Crippen LogP contribution in [-0.2, 0) is 38.8 Å². The average molecular weight is 403 g/mol. The molecule has 1 aliphatic heterocycles. The van der Waals surface area contributed by atoms with E-state index < -0.39 is 17.0 Å². The summed E-state index contributed by atoms with van der Waals surface area (Å²) >= 11 is -1.81. The van der Waals surface area contributed by atoms with Crippen molar-refractivity contribution in [3.8, 4) is 0 Å². The molecule has 3 rings (SSSR count). The molecule has 0 radical (unpaired) electrons. The molecular formula is C19H30O7S. The summed E-state index contributed by atoms with van der Waals surface area (Å²) in [5.41, 5.74) is -0.912. The Bertz CT molecular complexity index is 638. The van der Waals surface area contributed by atoms with Crippen LogP contribution in [0.3, 0.4) is 0 Å². The summed E-state index contributed by atoms with van der Waals surface area (Å²) in [5.74, 6) is -0.494. The first-order valence-corrected chi connectivity index (χ1v) is 10.7. The minimum Gasteiger partial charge on any atom is -0.466 e. The van der Waals surface area contributed by atoms with Gasteiger partial charge in [-0.05, 0) is 44.4 Å². The maximum atomic E-state index is 12.3. The summed E-state index contributed by atoms with van der Waals surface area (Å²) in [4.78, 5) is 22.8. The zero-order chi connectivity index (χ0) is 20.0. The van der Waals surface area contributed by atoms with Crippen molar-refractivity contribution >= 4 is 23.3 Å². The van der Waals surface area contributed by atoms with Crippen LogP contribution >= 0.6 is 0 Å². The highest BCUT2D eigenvalue weighted by atomic mass is 32.2. The summed E-state index contributed by atoms with van der Waals surface area (Å²) in [7, 11) is 0. The summed E-state index contributed by atoms with van der Waals surface area (Å²) in [6, 6.07) is 0. The normalized spacial score (nSPS) is 44.7.